The summed E-state index contributed by atoms with van der Waals surface area (Å²) in [6, 6.07) is 10.9. The molecule has 0 unspecified atom stereocenters. The molecule has 0 spiro atoms. The first-order valence-electron chi connectivity index (χ1n) is 7.81. The highest BCUT2D eigenvalue weighted by Gasteiger charge is 2.22. The first-order valence-corrected chi connectivity index (χ1v) is 7.81. The summed E-state index contributed by atoms with van der Waals surface area (Å²) in [5.74, 6) is -0.340. The number of hydrogen-bond acceptors (Lipinski definition) is 5. The third kappa shape index (κ3) is 3.37. The van der Waals surface area contributed by atoms with Crippen LogP contribution in [0.4, 0.5) is 5.69 Å². The molecule has 1 aromatic carbocycles. The van der Waals surface area contributed by atoms with Gasteiger partial charge in [0.1, 0.15) is 0 Å². The fraction of sp³-hybridized carbons (Fsp3) is 0.278. The largest absolute Gasteiger partial charge is 0.465 e. The molecule has 2 aromatic rings. The lowest BCUT2D eigenvalue weighted by molar-refractivity contribution is 0.0600. The van der Waals surface area contributed by atoms with E-state index >= 15 is 0 Å². The standard InChI is InChI=1S/C18H19N3O3/c1-24-18(23)14-4-2-6-16(12-14)20-8-10-21(11-9-20)17(22)15-5-3-7-19-13-15/h2-7,12-13H,8-11H2,1H3. The summed E-state index contributed by atoms with van der Waals surface area (Å²) in [6.45, 7) is 2.71. The Morgan fingerprint density at radius 3 is 2.46 bits per heavy atom. The van der Waals surface area contributed by atoms with Gasteiger partial charge in [-0.25, -0.2) is 4.79 Å². The van der Waals surface area contributed by atoms with E-state index in [1.54, 1.807) is 30.6 Å². The molecule has 0 aliphatic carbocycles. The lowest BCUT2D eigenvalue weighted by Crippen LogP contribution is -2.48. The van der Waals surface area contributed by atoms with Crippen molar-refractivity contribution in [2.24, 2.45) is 0 Å². The van der Waals surface area contributed by atoms with E-state index in [0.717, 1.165) is 18.8 Å². The summed E-state index contributed by atoms with van der Waals surface area (Å²) in [6.07, 6.45) is 3.25. The molecule has 2 heterocycles. The highest BCUT2D eigenvalue weighted by Crippen LogP contribution is 2.19. The average Bonchev–Trinajstić information content (AvgIpc) is 2.67. The molecular formula is C18H19N3O3. The minimum atomic E-state index is -0.345. The minimum Gasteiger partial charge on any atom is -0.465 e. The number of hydrogen-bond donors (Lipinski definition) is 0. The van der Waals surface area contributed by atoms with Gasteiger partial charge in [-0.05, 0) is 30.3 Å². The lowest BCUT2D eigenvalue weighted by atomic mass is 10.1. The van der Waals surface area contributed by atoms with E-state index in [0.29, 0.717) is 24.2 Å². The summed E-state index contributed by atoms with van der Waals surface area (Å²) in [5.41, 5.74) is 2.11. The van der Waals surface area contributed by atoms with Gasteiger partial charge in [-0.2, -0.15) is 0 Å². The maximum Gasteiger partial charge on any atom is 0.337 e. The van der Waals surface area contributed by atoms with Crippen LogP contribution in [0.2, 0.25) is 0 Å². The van der Waals surface area contributed by atoms with Crippen LogP contribution in [0.1, 0.15) is 20.7 Å². The van der Waals surface area contributed by atoms with Crippen LogP contribution in [0.15, 0.2) is 48.8 Å². The van der Waals surface area contributed by atoms with Gasteiger partial charge in [-0.3, -0.25) is 9.78 Å². The molecule has 24 heavy (non-hydrogen) atoms. The molecule has 1 amide bonds. The number of carbonyl (C=O) groups excluding carboxylic acids is 2. The molecule has 1 saturated heterocycles. The molecule has 1 aromatic heterocycles. The lowest BCUT2D eigenvalue weighted by Gasteiger charge is -2.36. The summed E-state index contributed by atoms with van der Waals surface area (Å²) in [4.78, 5) is 32.1. The van der Waals surface area contributed by atoms with Crippen molar-refractivity contribution in [1.29, 1.82) is 0 Å². The number of anilines is 1. The number of aromatic nitrogens is 1. The van der Waals surface area contributed by atoms with E-state index in [9.17, 15) is 9.59 Å². The molecule has 0 saturated carbocycles. The van der Waals surface area contributed by atoms with Gasteiger partial charge < -0.3 is 14.5 Å². The number of amides is 1. The van der Waals surface area contributed by atoms with E-state index in [1.807, 2.05) is 23.1 Å². The Kier molecular flexibility index (Phi) is 4.74. The van der Waals surface area contributed by atoms with Crippen LogP contribution in [0.3, 0.4) is 0 Å². The van der Waals surface area contributed by atoms with Crippen LogP contribution >= 0.6 is 0 Å². The Balaban J connectivity index is 1.65. The van der Waals surface area contributed by atoms with Crippen molar-refractivity contribution in [3.05, 3.63) is 59.9 Å². The van der Waals surface area contributed by atoms with Gasteiger partial charge in [0, 0.05) is 44.3 Å². The second kappa shape index (κ2) is 7.12. The summed E-state index contributed by atoms with van der Waals surface area (Å²) < 4.78 is 4.76. The average molecular weight is 325 g/mol. The quantitative estimate of drug-likeness (QED) is 0.806. The van der Waals surface area contributed by atoms with Crippen LogP contribution in [0.25, 0.3) is 0 Å². The van der Waals surface area contributed by atoms with Crippen LogP contribution in [0.5, 0.6) is 0 Å². The molecule has 0 bridgehead atoms. The Morgan fingerprint density at radius 1 is 1.04 bits per heavy atom. The summed E-state index contributed by atoms with van der Waals surface area (Å²) >= 11 is 0. The molecule has 3 rings (SSSR count). The normalized spacial score (nSPS) is 14.4. The van der Waals surface area contributed by atoms with Gasteiger partial charge in [-0.1, -0.05) is 6.07 Å². The van der Waals surface area contributed by atoms with E-state index in [2.05, 4.69) is 9.88 Å². The maximum atomic E-state index is 12.4. The molecule has 1 fully saturated rings. The highest BCUT2D eigenvalue weighted by molar-refractivity contribution is 5.94. The molecule has 0 atom stereocenters. The number of esters is 1. The van der Waals surface area contributed by atoms with E-state index < -0.39 is 0 Å². The maximum absolute atomic E-state index is 12.4. The number of piperazine rings is 1. The molecule has 0 radical (unpaired) electrons. The number of ether oxygens (including phenoxy) is 1. The van der Waals surface area contributed by atoms with Crippen molar-refractivity contribution in [3.63, 3.8) is 0 Å². The predicted molar refractivity (Wildman–Crippen MR) is 90.1 cm³/mol. The Hall–Kier alpha value is -2.89. The number of rotatable bonds is 3. The van der Waals surface area contributed by atoms with Gasteiger partial charge in [0.15, 0.2) is 0 Å². The van der Waals surface area contributed by atoms with Gasteiger partial charge in [-0.15, -0.1) is 0 Å². The monoisotopic (exact) mass is 325 g/mol. The first kappa shape index (κ1) is 16.0. The van der Waals surface area contributed by atoms with Crippen LogP contribution in [-0.4, -0.2) is 55.0 Å². The fourth-order valence-corrected chi connectivity index (χ4v) is 2.79. The van der Waals surface area contributed by atoms with Crippen LogP contribution in [-0.2, 0) is 4.74 Å². The van der Waals surface area contributed by atoms with Crippen molar-refractivity contribution in [2.45, 2.75) is 0 Å². The number of benzene rings is 1. The zero-order valence-corrected chi connectivity index (χ0v) is 13.5. The van der Waals surface area contributed by atoms with Gasteiger partial charge in [0.25, 0.3) is 5.91 Å². The number of methoxy groups -OCH3 is 1. The zero-order valence-electron chi connectivity index (χ0n) is 13.5. The molecule has 0 N–H and O–H groups in total. The van der Waals surface area contributed by atoms with Crippen molar-refractivity contribution >= 4 is 17.6 Å². The van der Waals surface area contributed by atoms with Crippen molar-refractivity contribution < 1.29 is 14.3 Å². The van der Waals surface area contributed by atoms with Crippen molar-refractivity contribution in [1.82, 2.24) is 9.88 Å². The second-order valence-corrected chi connectivity index (χ2v) is 5.56. The van der Waals surface area contributed by atoms with E-state index in [1.165, 1.54) is 7.11 Å². The zero-order chi connectivity index (χ0) is 16.9. The Morgan fingerprint density at radius 2 is 1.79 bits per heavy atom. The van der Waals surface area contributed by atoms with Crippen LogP contribution < -0.4 is 4.90 Å². The summed E-state index contributed by atoms with van der Waals surface area (Å²) in [5, 5.41) is 0. The SMILES string of the molecule is COC(=O)c1cccc(N2CCN(C(=O)c3cccnc3)CC2)c1. The Bertz CT molecular complexity index is 725. The van der Waals surface area contributed by atoms with Gasteiger partial charge >= 0.3 is 5.97 Å². The summed E-state index contributed by atoms with van der Waals surface area (Å²) in [7, 11) is 1.37. The number of nitrogens with zero attached hydrogens (tertiary/aromatic N) is 3. The third-order valence-corrected chi connectivity index (χ3v) is 4.11. The molecule has 6 nitrogen and oxygen atoms in total. The molecular weight excluding hydrogens is 306 g/mol. The first-order chi connectivity index (χ1) is 11.7. The second-order valence-electron chi connectivity index (χ2n) is 5.56. The fourth-order valence-electron chi connectivity index (χ4n) is 2.79. The van der Waals surface area contributed by atoms with Crippen molar-refractivity contribution in [3.8, 4) is 0 Å². The van der Waals surface area contributed by atoms with E-state index in [4.69, 9.17) is 4.74 Å². The highest BCUT2D eigenvalue weighted by atomic mass is 16.5. The van der Waals surface area contributed by atoms with E-state index in [-0.39, 0.29) is 11.9 Å². The molecule has 1 aliphatic rings. The molecule has 1 aliphatic heterocycles. The minimum absolute atomic E-state index is 0.00561. The smallest absolute Gasteiger partial charge is 0.337 e. The molecule has 124 valence electrons. The predicted octanol–water partition coefficient (Wildman–Crippen LogP) is 1.83. The number of carbonyl (C=O) groups is 2. The van der Waals surface area contributed by atoms with Gasteiger partial charge in [0.05, 0.1) is 18.2 Å². The van der Waals surface area contributed by atoms with Crippen molar-refractivity contribution in [2.75, 3.05) is 38.2 Å². The Labute approximate surface area is 140 Å². The third-order valence-electron chi connectivity index (χ3n) is 4.11. The topological polar surface area (TPSA) is 62.7 Å². The number of pyridine rings is 1. The molecule has 6 heteroatoms. The van der Waals surface area contributed by atoms with Gasteiger partial charge in [0.2, 0.25) is 0 Å². The van der Waals surface area contributed by atoms with Crippen LogP contribution in [0, 0.1) is 0 Å².